The second-order valence-corrected chi connectivity index (χ2v) is 16.6. The van der Waals surface area contributed by atoms with Gasteiger partial charge >= 0.3 is 30.4 Å². The van der Waals surface area contributed by atoms with E-state index in [0.717, 1.165) is 0 Å². The molecule has 0 aliphatic rings. The van der Waals surface area contributed by atoms with Gasteiger partial charge < -0.3 is 44.3 Å². The van der Waals surface area contributed by atoms with Gasteiger partial charge in [-0.05, 0) is 24.3 Å². The maximum atomic E-state index is 11.9. The molecule has 0 heterocycles. The van der Waals surface area contributed by atoms with Crippen LogP contribution in [-0.4, -0.2) is 67.3 Å². The van der Waals surface area contributed by atoms with E-state index in [0.29, 0.717) is 12.1 Å². The third kappa shape index (κ3) is 6.75. The number of aromatic hydroxyl groups is 1. The van der Waals surface area contributed by atoms with Crippen LogP contribution in [0.5, 0.6) is 5.75 Å². The molecule has 0 unspecified atom stereocenters. The lowest BCUT2D eigenvalue weighted by Crippen LogP contribution is -2.43. The SMILES string of the molecule is C=CC(NCc1cc(S(=O)(=O)O)cc(CNC(C=C)(P(=O)(O)O)P(=O)(O)O)c1O)(P(=O)(O)O)P(=O)(O)O. The van der Waals surface area contributed by atoms with Gasteiger partial charge in [0.05, 0.1) is 4.90 Å². The zero-order valence-electron chi connectivity index (χ0n) is 18.3. The topological polar surface area (TPSA) is 329 Å². The molecule has 212 valence electrons. The highest BCUT2D eigenvalue weighted by molar-refractivity contribution is 7.85. The number of benzene rings is 1. The van der Waals surface area contributed by atoms with Crippen molar-refractivity contribution in [1.29, 1.82) is 0 Å². The zero-order chi connectivity index (χ0) is 29.5. The van der Waals surface area contributed by atoms with Gasteiger partial charge in [0, 0.05) is 24.2 Å². The van der Waals surface area contributed by atoms with E-state index in [-0.39, 0.29) is 12.2 Å². The first-order valence-electron chi connectivity index (χ1n) is 9.13. The zero-order valence-corrected chi connectivity index (χ0v) is 22.7. The average Bonchev–Trinajstić information content (AvgIpc) is 2.66. The van der Waals surface area contributed by atoms with Crippen molar-refractivity contribution in [3.05, 3.63) is 48.6 Å². The van der Waals surface area contributed by atoms with E-state index in [9.17, 15) is 75.5 Å². The van der Waals surface area contributed by atoms with Crippen molar-refractivity contribution in [2.45, 2.75) is 28.0 Å². The molecule has 0 amide bonds. The minimum absolute atomic E-state index is 0.194. The monoisotopic (exact) mass is 632 g/mol. The Hall–Kier alpha value is -1.07. The molecular weight excluding hydrogens is 608 g/mol. The molecular formula is C14H24N2O16P4S. The van der Waals surface area contributed by atoms with Crippen molar-refractivity contribution in [2.75, 3.05) is 0 Å². The molecule has 1 aromatic carbocycles. The smallest absolute Gasteiger partial charge is 0.361 e. The number of hydrogen-bond acceptors (Lipinski definition) is 9. The Morgan fingerprint density at radius 3 is 1.19 bits per heavy atom. The molecule has 0 spiro atoms. The lowest BCUT2D eigenvalue weighted by Gasteiger charge is -2.33. The predicted molar refractivity (Wildman–Crippen MR) is 126 cm³/mol. The maximum Gasteiger partial charge on any atom is 0.361 e. The Kier molecular flexibility index (Phi) is 9.94. The summed E-state index contributed by atoms with van der Waals surface area (Å²) in [6.45, 7) is 3.72. The van der Waals surface area contributed by atoms with Crippen LogP contribution >= 0.6 is 30.4 Å². The predicted octanol–water partition coefficient (Wildman–Crippen LogP) is -0.792. The summed E-state index contributed by atoms with van der Waals surface area (Å²) in [5, 5.41) is 7.29. The summed E-state index contributed by atoms with van der Waals surface area (Å²) in [5.74, 6) is -1.03. The molecule has 0 atom stereocenters. The van der Waals surface area contributed by atoms with Gasteiger partial charge in [0.1, 0.15) is 5.75 Å². The molecule has 0 saturated carbocycles. The van der Waals surface area contributed by atoms with Crippen molar-refractivity contribution >= 4 is 40.5 Å². The molecule has 0 saturated heterocycles. The number of phenolic OH excluding ortho intramolecular Hbond substituents is 1. The third-order valence-corrected chi connectivity index (χ3v) is 13.8. The van der Waals surface area contributed by atoms with Crippen LogP contribution in [0.3, 0.4) is 0 Å². The minimum atomic E-state index is -5.75. The molecule has 37 heavy (non-hydrogen) atoms. The van der Waals surface area contributed by atoms with Crippen molar-refractivity contribution in [2.24, 2.45) is 0 Å². The van der Waals surface area contributed by atoms with E-state index in [1.807, 2.05) is 0 Å². The summed E-state index contributed by atoms with van der Waals surface area (Å²) in [5.41, 5.74) is -1.40. The van der Waals surface area contributed by atoms with E-state index in [1.54, 1.807) is 10.6 Å². The fraction of sp³-hybridized carbons (Fsp3) is 0.286. The van der Waals surface area contributed by atoms with Crippen LogP contribution in [0.1, 0.15) is 11.1 Å². The van der Waals surface area contributed by atoms with Crippen LogP contribution < -0.4 is 10.6 Å². The second-order valence-electron chi connectivity index (χ2n) is 7.31. The van der Waals surface area contributed by atoms with Gasteiger partial charge in [0.25, 0.3) is 10.1 Å². The summed E-state index contributed by atoms with van der Waals surface area (Å²) < 4.78 is 80.3. The first kappa shape index (κ1) is 34.0. The minimum Gasteiger partial charge on any atom is -0.507 e. The summed E-state index contributed by atoms with van der Waals surface area (Å²) in [4.78, 5) is 75.1. The van der Waals surface area contributed by atoms with Crippen LogP contribution in [0.2, 0.25) is 0 Å². The van der Waals surface area contributed by atoms with Gasteiger partial charge in [0.15, 0.2) is 0 Å². The van der Waals surface area contributed by atoms with E-state index in [2.05, 4.69) is 13.2 Å². The number of nitrogens with one attached hydrogen (secondary N) is 2. The highest BCUT2D eigenvalue weighted by atomic mass is 32.2. The molecule has 0 bridgehead atoms. The highest BCUT2D eigenvalue weighted by Gasteiger charge is 2.59. The average molecular weight is 632 g/mol. The molecule has 0 aliphatic carbocycles. The van der Waals surface area contributed by atoms with Gasteiger partial charge in [0.2, 0.25) is 10.0 Å². The molecule has 0 aromatic heterocycles. The summed E-state index contributed by atoms with van der Waals surface area (Å²) in [6, 6.07) is 1.03. The number of hydrogen-bond donors (Lipinski definition) is 12. The summed E-state index contributed by atoms with van der Waals surface area (Å²) in [6.07, 6.45) is 0.387. The Bertz CT molecular complexity index is 1240. The van der Waals surface area contributed by atoms with Crippen LogP contribution in [0.25, 0.3) is 0 Å². The van der Waals surface area contributed by atoms with Gasteiger partial charge in [-0.1, -0.05) is 13.2 Å². The standard InChI is InChI=1S/C14H24N2O16P4S/c1-3-13(33(18,19)20,34(21,22)23)15-7-9-5-11(37(30,31)32)6-10(12(9)17)8-16-14(4-2,35(24,25)26)36(27,28)29/h3-6,15-17H,1-2,7-8H2,(H2,18,19,20)(H2,21,22,23)(H2,24,25,26)(H2,27,28,29)(H,30,31,32). The second kappa shape index (κ2) is 10.8. The molecule has 0 fully saturated rings. The fourth-order valence-electron chi connectivity index (χ4n) is 2.97. The van der Waals surface area contributed by atoms with Gasteiger partial charge in [-0.3, -0.25) is 33.4 Å². The molecule has 1 rings (SSSR count). The van der Waals surface area contributed by atoms with Crippen LogP contribution in [0.4, 0.5) is 0 Å². The van der Waals surface area contributed by atoms with Crippen LogP contribution in [0, 0.1) is 0 Å². The van der Waals surface area contributed by atoms with Gasteiger partial charge in [-0.25, -0.2) is 0 Å². The Balaban J connectivity index is 3.73. The maximum absolute atomic E-state index is 11.9. The van der Waals surface area contributed by atoms with E-state index < -0.39 is 85.4 Å². The normalized spacial score (nSPS) is 14.4. The quantitative estimate of drug-likeness (QED) is 0.0719. The molecule has 23 heteroatoms. The van der Waals surface area contributed by atoms with E-state index in [1.165, 1.54) is 0 Å². The molecule has 0 aliphatic heterocycles. The molecule has 0 radical (unpaired) electrons. The van der Waals surface area contributed by atoms with Crippen molar-refractivity contribution < 1.29 is 75.5 Å². The van der Waals surface area contributed by atoms with Crippen LogP contribution in [-0.2, 0) is 41.5 Å². The van der Waals surface area contributed by atoms with Crippen molar-refractivity contribution in [3.63, 3.8) is 0 Å². The number of phenols is 1. The lowest BCUT2D eigenvalue weighted by atomic mass is 10.1. The Morgan fingerprint density at radius 2 is 1.00 bits per heavy atom. The van der Waals surface area contributed by atoms with Crippen molar-refractivity contribution in [1.82, 2.24) is 10.6 Å². The van der Waals surface area contributed by atoms with Crippen LogP contribution in [0.15, 0.2) is 42.3 Å². The lowest BCUT2D eigenvalue weighted by molar-refractivity contribution is 0.303. The van der Waals surface area contributed by atoms with Crippen molar-refractivity contribution in [3.8, 4) is 5.75 Å². The largest absolute Gasteiger partial charge is 0.507 e. The third-order valence-electron chi connectivity index (χ3n) is 4.96. The summed E-state index contributed by atoms with van der Waals surface area (Å²) >= 11 is 0. The molecule has 1 aromatic rings. The number of rotatable bonds is 13. The first-order chi connectivity index (χ1) is 16.3. The van der Waals surface area contributed by atoms with E-state index >= 15 is 0 Å². The van der Waals surface area contributed by atoms with Gasteiger partial charge in [-0.15, -0.1) is 0 Å². The summed E-state index contributed by atoms with van der Waals surface area (Å²) in [7, 11) is -28.1. The molecule has 18 nitrogen and oxygen atoms in total. The molecule has 12 N–H and O–H groups in total. The first-order valence-corrected chi connectivity index (χ1v) is 17.0. The van der Waals surface area contributed by atoms with Gasteiger partial charge in [-0.2, -0.15) is 8.42 Å². The highest BCUT2D eigenvalue weighted by Crippen LogP contribution is 2.69. The fourth-order valence-corrected chi connectivity index (χ4v) is 8.36. The Morgan fingerprint density at radius 1 is 0.730 bits per heavy atom. The Labute approximate surface area is 209 Å². The van der Waals surface area contributed by atoms with E-state index in [4.69, 9.17) is 0 Å².